The van der Waals surface area contributed by atoms with E-state index in [1.807, 2.05) is 0 Å². The fourth-order valence-corrected chi connectivity index (χ4v) is 2.32. The van der Waals surface area contributed by atoms with Gasteiger partial charge in [-0.3, -0.25) is 0 Å². The lowest BCUT2D eigenvalue weighted by atomic mass is 10.0. The summed E-state index contributed by atoms with van der Waals surface area (Å²) in [5.41, 5.74) is 2.71. The second-order valence-electron chi connectivity index (χ2n) is 5.07. The van der Waals surface area contributed by atoms with Crippen LogP contribution in [0.25, 0.3) is 0 Å². The molecule has 0 aromatic heterocycles. The normalized spacial score (nSPS) is 17.8. The van der Waals surface area contributed by atoms with Crippen LogP contribution in [-0.2, 0) is 4.84 Å². The van der Waals surface area contributed by atoms with Crippen LogP contribution in [0.3, 0.4) is 0 Å². The molecule has 2 N–H and O–H groups in total. The van der Waals surface area contributed by atoms with Crippen LogP contribution in [0.15, 0.2) is 24.3 Å². The van der Waals surface area contributed by atoms with E-state index in [2.05, 4.69) is 43.0 Å². The molecule has 1 aromatic carbocycles. The molecule has 3 nitrogen and oxygen atoms in total. The Labute approximate surface area is 104 Å². The summed E-state index contributed by atoms with van der Waals surface area (Å²) in [6.45, 7) is 6.50. The average molecular weight is 234 g/mol. The first kappa shape index (κ1) is 12.4. The summed E-state index contributed by atoms with van der Waals surface area (Å²) in [6, 6.07) is 8.90. The van der Waals surface area contributed by atoms with Gasteiger partial charge in [-0.05, 0) is 36.5 Å². The van der Waals surface area contributed by atoms with Crippen LogP contribution in [0.2, 0.25) is 0 Å². The predicted octanol–water partition coefficient (Wildman–Crippen LogP) is 2.67. The lowest BCUT2D eigenvalue weighted by Crippen LogP contribution is -2.37. The highest BCUT2D eigenvalue weighted by Crippen LogP contribution is 2.23. The molecule has 2 rings (SSSR count). The third kappa shape index (κ3) is 2.99. The van der Waals surface area contributed by atoms with Crippen molar-refractivity contribution in [2.24, 2.45) is 5.90 Å². The molecule has 1 aliphatic rings. The zero-order chi connectivity index (χ0) is 12.3. The van der Waals surface area contributed by atoms with Crippen LogP contribution in [0.1, 0.15) is 38.2 Å². The number of benzene rings is 1. The van der Waals surface area contributed by atoms with Gasteiger partial charge in [-0.1, -0.05) is 26.0 Å². The molecule has 17 heavy (non-hydrogen) atoms. The van der Waals surface area contributed by atoms with Gasteiger partial charge in [0.15, 0.2) is 0 Å². The third-order valence-corrected chi connectivity index (χ3v) is 3.56. The summed E-state index contributed by atoms with van der Waals surface area (Å²) in [4.78, 5) is 7.30. The Kier molecular flexibility index (Phi) is 4.02. The Bertz CT molecular complexity index is 340. The van der Waals surface area contributed by atoms with Crippen molar-refractivity contribution >= 4 is 5.69 Å². The largest absolute Gasteiger partial charge is 0.371 e. The van der Waals surface area contributed by atoms with Crippen molar-refractivity contribution in [3.63, 3.8) is 0 Å². The van der Waals surface area contributed by atoms with Crippen LogP contribution < -0.4 is 10.8 Å². The summed E-state index contributed by atoms with van der Waals surface area (Å²) < 4.78 is 0. The first-order valence-corrected chi connectivity index (χ1v) is 6.41. The quantitative estimate of drug-likeness (QED) is 0.817. The minimum absolute atomic E-state index is 0.237. The van der Waals surface area contributed by atoms with Gasteiger partial charge in [0.25, 0.3) is 0 Å². The van der Waals surface area contributed by atoms with Crippen LogP contribution in [-0.4, -0.2) is 19.2 Å². The van der Waals surface area contributed by atoms with Gasteiger partial charge in [0.1, 0.15) is 0 Å². The van der Waals surface area contributed by atoms with E-state index in [0.29, 0.717) is 5.92 Å². The fraction of sp³-hybridized carbons (Fsp3) is 0.571. The maximum Gasteiger partial charge on any atom is 0.0821 e. The molecular weight excluding hydrogens is 212 g/mol. The summed E-state index contributed by atoms with van der Waals surface area (Å²) in [7, 11) is 0. The number of piperidine rings is 1. The van der Waals surface area contributed by atoms with Crippen molar-refractivity contribution in [2.45, 2.75) is 38.7 Å². The molecule has 94 valence electrons. The number of hydrogen-bond acceptors (Lipinski definition) is 3. The van der Waals surface area contributed by atoms with Crippen molar-refractivity contribution in [1.82, 2.24) is 0 Å². The first-order chi connectivity index (χ1) is 8.20. The smallest absolute Gasteiger partial charge is 0.0821 e. The molecule has 0 amide bonds. The van der Waals surface area contributed by atoms with Crippen LogP contribution in [0, 0.1) is 0 Å². The maximum atomic E-state index is 5.22. The number of nitrogens with two attached hydrogens (primary N) is 1. The minimum Gasteiger partial charge on any atom is -0.371 e. The number of rotatable bonds is 3. The maximum absolute atomic E-state index is 5.22. The van der Waals surface area contributed by atoms with E-state index in [1.165, 1.54) is 11.3 Å². The highest BCUT2D eigenvalue weighted by atomic mass is 16.6. The molecule has 1 heterocycles. The van der Waals surface area contributed by atoms with Crippen LogP contribution in [0.4, 0.5) is 5.69 Å². The molecule has 0 atom stereocenters. The SMILES string of the molecule is CC(C)c1ccc(N2CCC(ON)CC2)cc1. The van der Waals surface area contributed by atoms with Gasteiger partial charge in [0.2, 0.25) is 0 Å². The summed E-state index contributed by atoms with van der Waals surface area (Å²) in [5, 5.41) is 0. The molecule has 1 aliphatic heterocycles. The summed E-state index contributed by atoms with van der Waals surface area (Å²) in [5.74, 6) is 5.82. The highest BCUT2D eigenvalue weighted by Gasteiger charge is 2.19. The third-order valence-electron chi connectivity index (χ3n) is 3.56. The lowest BCUT2D eigenvalue weighted by Gasteiger charge is -2.32. The van der Waals surface area contributed by atoms with Gasteiger partial charge in [-0.15, -0.1) is 0 Å². The topological polar surface area (TPSA) is 38.5 Å². The summed E-state index contributed by atoms with van der Waals surface area (Å²) >= 11 is 0. The van der Waals surface area contributed by atoms with Gasteiger partial charge in [0, 0.05) is 18.8 Å². The van der Waals surface area contributed by atoms with Crippen molar-refractivity contribution in [2.75, 3.05) is 18.0 Å². The van der Waals surface area contributed by atoms with E-state index in [9.17, 15) is 0 Å². The first-order valence-electron chi connectivity index (χ1n) is 6.41. The van der Waals surface area contributed by atoms with Gasteiger partial charge in [-0.2, -0.15) is 0 Å². The second kappa shape index (κ2) is 5.52. The predicted molar refractivity (Wildman–Crippen MR) is 71.0 cm³/mol. The molecule has 0 saturated carbocycles. The molecule has 0 bridgehead atoms. The Morgan fingerprint density at radius 2 is 1.76 bits per heavy atom. The molecule has 0 unspecified atom stereocenters. The molecule has 0 spiro atoms. The van der Waals surface area contributed by atoms with Crippen molar-refractivity contribution < 1.29 is 4.84 Å². The van der Waals surface area contributed by atoms with E-state index in [4.69, 9.17) is 10.7 Å². The van der Waals surface area contributed by atoms with Crippen LogP contribution >= 0.6 is 0 Å². The minimum atomic E-state index is 0.237. The molecule has 0 radical (unpaired) electrons. The number of nitrogens with zero attached hydrogens (tertiary/aromatic N) is 1. The molecule has 0 aliphatic carbocycles. The zero-order valence-electron chi connectivity index (χ0n) is 10.7. The standard InChI is InChI=1S/C14H22N2O/c1-11(2)12-3-5-13(6-4-12)16-9-7-14(17-15)8-10-16/h3-6,11,14H,7-10,15H2,1-2H3. The second-order valence-corrected chi connectivity index (χ2v) is 5.07. The summed E-state index contributed by atoms with van der Waals surface area (Å²) in [6.07, 6.45) is 2.27. The van der Waals surface area contributed by atoms with E-state index in [0.717, 1.165) is 25.9 Å². The van der Waals surface area contributed by atoms with Crippen molar-refractivity contribution in [3.05, 3.63) is 29.8 Å². The Morgan fingerprint density at radius 3 is 2.24 bits per heavy atom. The molecule has 1 aromatic rings. The lowest BCUT2D eigenvalue weighted by molar-refractivity contribution is 0.0368. The zero-order valence-corrected chi connectivity index (χ0v) is 10.7. The Morgan fingerprint density at radius 1 is 1.18 bits per heavy atom. The van der Waals surface area contributed by atoms with E-state index in [1.54, 1.807) is 0 Å². The Hall–Kier alpha value is -1.06. The number of hydrogen-bond donors (Lipinski definition) is 1. The molecule has 1 saturated heterocycles. The monoisotopic (exact) mass is 234 g/mol. The fourth-order valence-electron chi connectivity index (χ4n) is 2.32. The van der Waals surface area contributed by atoms with E-state index >= 15 is 0 Å². The van der Waals surface area contributed by atoms with Gasteiger partial charge < -0.3 is 9.74 Å². The Balaban J connectivity index is 1.99. The van der Waals surface area contributed by atoms with E-state index in [-0.39, 0.29) is 6.10 Å². The molecule has 3 heteroatoms. The molecule has 1 fully saturated rings. The van der Waals surface area contributed by atoms with Crippen LogP contribution in [0.5, 0.6) is 0 Å². The van der Waals surface area contributed by atoms with Gasteiger partial charge >= 0.3 is 0 Å². The van der Waals surface area contributed by atoms with E-state index < -0.39 is 0 Å². The van der Waals surface area contributed by atoms with Crippen molar-refractivity contribution in [1.29, 1.82) is 0 Å². The van der Waals surface area contributed by atoms with Gasteiger partial charge in [-0.25, -0.2) is 5.90 Å². The highest BCUT2D eigenvalue weighted by molar-refractivity contribution is 5.48. The molecular formula is C14H22N2O. The van der Waals surface area contributed by atoms with Gasteiger partial charge in [0.05, 0.1) is 6.10 Å². The van der Waals surface area contributed by atoms with Crippen molar-refractivity contribution in [3.8, 4) is 0 Å². The average Bonchev–Trinajstić information content (AvgIpc) is 2.39. The number of anilines is 1.